The van der Waals surface area contributed by atoms with Gasteiger partial charge < -0.3 is 10.4 Å². The molecule has 1 heterocycles. The second-order valence-corrected chi connectivity index (χ2v) is 5.41. The molecule has 0 aliphatic heterocycles. The molecule has 0 atom stereocenters. The smallest absolute Gasteiger partial charge is 0.259 e. The number of amides is 1. The van der Waals surface area contributed by atoms with Gasteiger partial charge in [0.2, 0.25) is 0 Å². The summed E-state index contributed by atoms with van der Waals surface area (Å²) in [5.41, 5.74) is 1.27. The van der Waals surface area contributed by atoms with Crippen LogP contribution in [0.2, 0.25) is 0 Å². The van der Waals surface area contributed by atoms with Gasteiger partial charge in [-0.15, -0.1) is 0 Å². The highest BCUT2D eigenvalue weighted by Gasteiger charge is 2.14. The highest BCUT2D eigenvalue weighted by atomic mass is 79.9. The molecule has 0 unspecified atom stereocenters. The van der Waals surface area contributed by atoms with Crippen LogP contribution >= 0.6 is 15.9 Å². The van der Waals surface area contributed by atoms with Crippen molar-refractivity contribution in [3.63, 3.8) is 0 Å². The van der Waals surface area contributed by atoms with Crippen molar-refractivity contribution in [1.29, 1.82) is 0 Å². The topological polar surface area (TPSA) is 62.2 Å². The minimum atomic E-state index is -0.373. The average Bonchev–Trinajstić information content (AvgIpc) is 2.50. The largest absolute Gasteiger partial charge is 0.505 e. The number of benzene rings is 2. The van der Waals surface area contributed by atoms with E-state index in [4.69, 9.17) is 0 Å². The first-order valence-corrected chi connectivity index (χ1v) is 7.08. The Morgan fingerprint density at radius 2 is 1.82 bits per heavy atom. The molecule has 3 rings (SSSR count). The second-order valence-electron chi connectivity index (χ2n) is 4.50. The Morgan fingerprint density at radius 1 is 1.09 bits per heavy atom. The maximum Gasteiger partial charge on any atom is 0.259 e. The van der Waals surface area contributed by atoms with Crippen molar-refractivity contribution >= 4 is 38.4 Å². The first-order valence-electron chi connectivity index (χ1n) is 6.29. The predicted molar refractivity (Wildman–Crippen MR) is 92.2 cm³/mol. The number of pyridine rings is 1. The number of carbonyl (C=O) groups is 1. The number of phenols is 1. The van der Waals surface area contributed by atoms with Gasteiger partial charge in [0.25, 0.3) is 5.91 Å². The lowest BCUT2D eigenvalue weighted by atomic mass is 10.1. The van der Waals surface area contributed by atoms with Crippen molar-refractivity contribution in [3.05, 3.63) is 64.8 Å². The molecular formula is C17H15BrN2O2. The van der Waals surface area contributed by atoms with Crippen molar-refractivity contribution in [2.75, 3.05) is 5.32 Å². The van der Waals surface area contributed by atoms with Crippen LogP contribution in [-0.2, 0) is 0 Å². The number of rotatable bonds is 2. The summed E-state index contributed by atoms with van der Waals surface area (Å²) in [5.74, 6) is -0.481. The highest BCUT2D eigenvalue weighted by molar-refractivity contribution is 9.10. The SMILES string of the molecule is C.O=C(Nc1ccc(Br)cc1)c1ccc2cccnc2c1O. The molecule has 0 spiro atoms. The zero-order chi connectivity index (χ0) is 14.8. The third-order valence-corrected chi connectivity index (χ3v) is 3.62. The molecule has 112 valence electrons. The van der Waals surface area contributed by atoms with E-state index in [0.29, 0.717) is 11.2 Å². The Balaban J connectivity index is 0.00000176. The standard InChI is InChI=1S/C16H11BrN2O2.CH4/c17-11-4-6-12(7-5-11)19-16(21)13-8-3-10-2-1-9-18-14(10)15(13)20;/h1-9,20H,(H,19,21);1H4. The number of carbonyl (C=O) groups excluding carboxylic acids is 1. The number of phenolic OH excluding ortho intramolecular Hbond substituents is 1. The summed E-state index contributed by atoms with van der Waals surface area (Å²) in [6, 6.07) is 14.2. The first-order chi connectivity index (χ1) is 10.1. The molecule has 22 heavy (non-hydrogen) atoms. The minimum Gasteiger partial charge on any atom is -0.505 e. The maximum absolute atomic E-state index is 12.3. The van der Waals surface area contributed by atoms with Crippen LogP contribution in [0.4, 0.5) is 5.69 Å². The van der Waals surface area contributed by atoms with Crippen LogP contribution in [0.15, 0.2) is 59.2 Å². The number of halogens is 1. The molecule has 0 bridgehead atoms. The monoisotopic (exact) mass is 358 g/mol. The Labute approximate surface area is 136 Å². The summed E-state index contributed by atoms with van der Waals surface area (Å²) in [5, 5.41) is 13.7. The van der Waals surface area contributed by atoms with Gasteiger partial charge in [0, 0.05) is 21.7 Å². The molecule has 0 saturated heterocycles. The number of aromatic nitrogens is 1. The van der Waals surface area contributed by atoms with E-state index in [1.54, 1.807) is 36.5 Å². The normalized spacial score (nSPS) is 10.0. The Kier molecular flexibility index (Phi) is 4.78. The van der Waals surface area contributed by atoms with Gasteiger partial charge in [-0.3, -0.25) is 9.78 Å². The van der Waals surface area contributed by atoms with Crippen LogP contribution in [0.3, 0.4) is 0 Å². The van der Waals surface area contributed by atoms with Gasteiger partial charge in [-0.05, 0) is 36.4 Å². The van der Waals surface area contributed by atoms with Crippen LogP contribution in [-0.4, -0.2) is 16.0 Å². The van der Waals surface area contributed by atoms with Gasteiger partial charge in [-0.2, -0.15) is 0 Å². The van der Waals surface area contributed by atoms with Crippen LogP contribution < -0.4 is 5.32 Å². The molecule has 1 aromatic heterocycles. The lowest BCUT2D eigenvalue weighted by Gasteiger charge is -2.08. The van der Waals surface area contributed by atoms with Crippen molar-refractivity contribution in [1.82, 2.24) is 4.98 Å². The summed E-state index contributed by atoms with van der Waals surface area (Å²) in [4.78, 5) is 16.4. The van der Waals surface area contributed by atoms with E-state index >= 15 is 0 Å². The van der Waals surface area contributed by atoms with Crippen molar-refractivity contribution in [3.8, 4) is 5.75 Å². The van der Waals surface area contributed by atoms with Crippen molar-refractivity contribution < 1.29 is 9.90 Å². The average molecular weight is 359 g/mol. The molecule has 1 amide bonds. The number of aromatic hydroxyl groups is 1. The summed E-state index contributed by atoms with van der Waals surface area (Å²) in [7, 11) is 0. The predicted octanol–water partition coefficient (Wildman–Crippen LogP) is 4.59. The van der Waals surface area contributed by atoms with Gasteiger partial charge in [0.1, 0.15) is 5.52 Å². The van der Waals surface area contributed by atoms with Gasteiger partial charge in [0.15, 0.2) is 5.75 Å². The lowest BCUT2D eigenvalue weighted by molar-refractivity contribution is 0.102. The molecule has 0 saturated carbocycles. The zero-order valence-electron chi connectivity index (χ0n) is 10.9. The molecule has 4 nitrogen and oxygen atoms in total. The number of nitrogens with zero attached hydrogens (tertiary/aromatic N) is 1. The first kappa shape index (κ1) is 16.0. The van der Waals surface area contributed by atoms with Gasteiger partial charge in [-0.1, -0.05) is 35.5 Å². The number of hydrogen-bond acceptors (Lipinski definition) is 3. The number of fused-ring (bicyclic) bond motifs is 1. The summed E-state index contributed by atoms with van der Waals surface area (Å²) >= 11 is 3.33. The summed E-state index contributed by atoms with van der Waals surface area (Å²) < 4.78 is 0.929. The molecule has 0 radical (unpaired) electrons. The Hall–Kier alpha value is -2.40. The molecule has 0 aliphatic carbocycles. The van der Waals surface area contributed by atoms with E-state index in [1.807, 2.05) is 18.2 Å². The van der Waals surface area contributed by atoms with Crippen LogP contribution in [0, 0.1) is 0 Å². The number of nitrogens with one attached hydrogen (secondary N) is 1. The molecule has 0 fully saturated rings. The van der Waals surface area contributed by atoms with E-state index in [9.17, 15) is 9.90 Å². The minimum absolute atomic E-state index is 0. The molecule has 3 aromatic rings. The van der Waals surface area contributed by atoms with E-state index in [1.165, 1.54) is 0 Å². The fourth-order valence-electron chi connectivity index (χ4n) is 2.04. The number of anilines is 1. The van der Waals surface area contributed by atoms with Gasteiger partial charge in [0.05, 0.1) is 5.56 Å². The van der Waals surface area contributed by atoms with Gasteiger partial charge >= 0.3 is 0 Å². The third kappa shape index (κ3) is 3.09. The number of hydrogen-bond donors (Lipinski definition) is 2. The lowest BCUT2D eigenvalue weighted by Crippen LogP contribution is -2.12. The van der Waals surface area contributed by atoms with E-state index in [0.717, 1.165) is 9.86 Å². The maximum atomic E-state index is 12.3. The molecule has 0 aliphatic rings. The van der Waals surface area contributed by atoms with E-state index in [-0.39, 0.29) is 24.6 Å². The van der Waals surface area contributed by atoms with Crippen molar-refractivity contribution in [2.24, 2.45) is 0 Å². The second kappa shape index (κ2) is 6.58. The molecular weight excluding hydrogens is 344 g/mol. The molecule has 5 heteroatoms. The highest BCUT2D eigenvalue weighted by Crippen LogP contribution is 2.27. The van der Waals surface area contributed by atoms with Gasteiger partial charge in [-0.25, -0.2) is 0 Å². The Morgan fingerprint density at radius 3 is 2.55 bits per heavy atom. The summed E-state index contributed by atoms with van der Waals surface area (Å²) in [6.45, 7) is 0. The van der Waals surface area contributed by atoms with Crippen LogP contribution in [0.5, 0.6) is 5.75 Å². The van der Waals surface area contributed by atoms with E-state index < -0.39 is 0 Å². The Bertz CT molecular complexity index is 817. The quantitative estimate of drug-likeness (QED) is 0.703. The third-order valence-electron chi connectivity index (χ3n) is 3.09. The molecule has 2 N–H and O–H groups in total. The van der Waals surface area contributed by atoms with E-state index in [2.05, 4.69) is 26.2 Å². The summed E-state index contributed by atoms with van der Waals surface area (Å²) in [6.07, 6.45) is 1.58. The fourth-order valence-corrected chi connectivity index (χ4v) is 2.31. The molecule has 2 aromatic carbocycles. The van der Waals surface area contributed by atoms with Crippen molar-refractivity contribution in [2.45, 2.75) is 7.43 Å². The van der Waals surface area contributed by atoms with Crippen LogP contribution in [0.25, 0.3) is 10.9 Å². The fraction of sp³-hybridized carbons (Fsp3) is 0.0588. The zero-order valence-corrected chi connectivity index (χ0v) is 12.5. The van der Waals surface area contributed by atoms with Crippen LogP contribution in [0.1, 0.15) is 17.8 Å².